The van der Waals surface area contributed by atoms with Crippen molar-refractivity contribution in [1.29, 1.82) is 0 Å². The molecule has 0 aliphatic heterocycles. The third-order valence-corrected chi connectivity index (χ3v) is 3.08. The summed E-state index contributed by atoms with van der Waals surface area (Å²) in [6.07, 6.45) is 0. The molecule has 1 rings (SSSR count). The first-order chi connectivity index (χ1) is 8.95. The number of nitrogens with one attached hydrogen (secondary N) is 1. The maximum atomic E-state index is 12.3. The molecule has 0 fully saturated rings. The standard InChI is InChI=1S/C15H24N2O2/c1-11-10-13(6-7-14(11)19-5)15(18)12(2)16-8-9-17(3)4/h6-7,10,12,16H,8-9H2,1-5H3. The van der Waals surface area contributed by atoms with Gasteiger partial charge in [-0.1, -0.05) is 0 Å². The van der Waals surface area contributed by atoms with E-state index in [1.54, 1.807) is 7.11 Å². The van der Waals surface area contributed by atoms with E-state index in [0.29, 0.717) is 0 Å². The average Bonchev–Trinajstić information content (AvgIpc) is 2.37. The molecule has 1 N–H and O–H groups in total. The van der Waals surface area contributed by atoms with E-state index >= 15 is 0 Å². The van der Waals surface area contributed by atoms with Crippen LogP contribution in [0.4, 0.5) is 0 Å². The second kappa shape index (κ2) is 7.26. The van der Waals surface area contributed by atoms with Crippen LogP contribution in [0.5, 0.6) is 5.75 Å². The first-order valence-corrected chi connectivity index (χ1v) is 6.52. The lowest BCUT2D eigenvalue weighted by atomic mass is 10.0. The molecule has 0 amide bonds. The minimum absolute atomic E-state index is 0.115. The van der Waals surface area contributed by atoms with Crippen molar-refractivity contribution in [1.82, 2.24) is 10.2 Å². The second-order valence-corrected chi connectivity index (χ2v) is 5.03. The largest absolute Gasteiger partial charge is 0.496 e. The molecule has 0 saturated carbocycles. The first-order valence-electron chi connectivity index (χ1n) is 6.52. The zero-order valence-electron chi connectivity index (χ0n) is 12.5. The van der Waals surface area contributed by atoms with Crippen LogP contribution in [0.1, 0.15) is 22.8 Å². The number of carbonyl (C=O) groups excluding carboxylic acids is 1. The number of Topliss-reactive ketones (excluding diaryl/α,β-unsaturated/α-hetero) is 1. The van der Waals surface area contributed by atoms with Gasteiger partial charge in [0.15, 0.2) is 5.78 Å². The molecule has 0 bridgehead atoms. The highest BCUT2D eigenvalue weighted by atomic mass is 16.5. The Hall–Kier alpha value is -1.39. The lowest BCUT2D eigenvalue weighted by Gasteiger charge is -2.16. The van der Waals surface area contributed by atoms with Crippen LogP contribution < -0.4 is 10.1 Å². The minimum atomic E-state index is -0.173. The van der Waals surface area contributed by atoms with Gasteiger partial charge in [0.25, 0.3) is 0 Å². The van der Waals surface area contributed by atoms with Gasteiger partial charge in [-0.2, -0.15) is 0 Å². The molecular formula is C15H24N2O2. The van der Waals surface area contributed by atoms with Crippen LogP contribution >= 0.6 is 0 Å². The zero-order valence-corrected chi connectivity index (χ0v) is 12.5. The molecule has 1 aromatic rings. The van der Waals surface area contributed by atoms with E-state index in [1.807, 2.05) is 46.1 Å². The lowest BCUT2D eigenvalue weighted by molar-refractivity contribution is 0.0950. The van der Waals surface area contributed by atoms with Crippen LogP contribution in [0.2, 0.25) is 0 Å². The van der Waals surface area contributed by atoms with Crippen molar-refractivity contribution < 1.29 is 9.53 Å². The molecule has 106 valence electrons. The van der Waals surface area contributed by atoms with Gasteiger partial charge in [0.1, 0.15) is 5.75 Å². The van der Waals surface area contributed by atoms with Crippen molar-refractivity contribution in [3.8, 4) is 5.75 Å². The monoisotopic (exact) mass is 264 g/mol. The summed E-state index contributed by atoms with van der Waals surface area (Å²) in [5.41, 5.74) is 1.71. The number of ketones is 1. The van der Waals surface area contributed by atoms with E-state index in [1.165, 1.54) is 0 Å². The van der Waals surface area contributed by atoms with E-state index in [2.05, 4.69) is 10.2 Å². The number of hydrogen-bond acceptors (Lipinski definition) is 4. The summed E-state index contributed by atoms with van der Waals surface area (Å²) >= 11 is 0. The Labute approximate surface area is 115 Å². The van der Waals surface area contributed by atoms with Gasteiger partial charge in [-0.3, -0.25) is 4.79 Å². The number of benzene rings is 1. The van der Waals surface area contributed by atoms with E-state index in [9.17, 15) is 4.79 Å². The fourth-order valence-corrected chi connectivity index (χ4v) is 1.88. The molecule has 0 spiro atoms. The van der Waals surface area contributed by atoms with Crippen LogP contribution in [0, 0.1) is 6.92 Å². The molecule has 0 saturated heterocycles. The smallest absolute Gasteiger partial charge is 0.179 e. The molecule has 1 aromatic carbocycles. The average molecular weight is 264 g/mol. The van der Waals surface area contributed by atoms with Crippen molar-refractivity contribution >= 4 is 5.78 Å². The maximum absolute atomic E-state index is 12.3. The third kappa shape index (κ3) is 4.65. The number of carbonyl (C=O) groups is 1. The molecule has 19 heavy (non-hydrogen) atoms. The van der Waals surface area contributed by atoms with Gasteiger partial charge in [-0.05, 0) is 51.7 Å². The summed E-state index contributed by atoms with van der Waals surface area (Å²) in [7, 11) is 5.66. The summed E-state index contributed by atoms with van der Waals surface area (Å²) < 4.78 is 5.20. The van der Waals surface area contributed by atoms with Crippen molar-refractivity contribution in [3.63, 3.8) is 0 Å². The van der Waals surface area contributed by atoms with Gasteiger partial charge in [-0.15, -0.1) is 0 Å². The number of aryl methyl sites for hydroxylation is 1. The predicted molar refractivity (Wildman–Crippen MR) is 78.1 cm³/mol. The van der Waals surface area contributed by atoms with E-state index in [-0.39, 0.29) is 11.8 Å². The molecule has 0 radical (unpaired) electrons. The molecule has 0 aliphatic rings. The van der Waals surface area contributed by atoms with Crippen molar-refractivity contribution in [2.75, 3.05) is 34.3 Å². The van der Waals surface area contributed by atoms with Crippen molar-refractivity contribution in [2.45, 2.75) is 19.9 Å². The van der Waals surface area contributed by atoms with Gasteiger partial charge in [-0.25, -0.2) is 0 Å². The Balaban J connectivity index is 2.64. The number of ether oxygens (including phenoxy) is 1. The van der Waals surface area contributed by atoms with Gasteiger partial charge < -0.3 is 15.0 Å². The molecule has 4 nitrogen and oxygen atoms in total. The quantitative estimate of drug-likeness (QED) is 0.762. The summed E-state index contributed by atoms with van der Waals surface area (Å²) in [4.78, 5) is 14.3. The van der Waals surface area contributed by atoms with Gasteiger partial charge in [0.05, 0.1) is 13.2 Å². The first kappa shape index (κ1) is 15.7. The minimum Gasteiger partial charge on any atom is -0.496 e. The third-order valence-electron chi connectivity index (χ3n) is 3.08. The summed E-state index contributed by atoms with van der Waals surface area (Å²) in [5, 5.41) is 3.24. The van der Waals surface area contributed by atoms with Crippen LogP contribution in [0.3, 0.4) is 0 Å². The number of likely N-dealkylation sites (N-methyl/N-ethyl adjacent to an activating group) is 1. The Morgan fingerprint density at radius 3 is 2.63 bits per heavy atom. The molecule has 0 aromatic heterocycles. The topological polar surface area (TPSA) is 41.6 Å². The SMILES string of the molecule is COc1ccc(C(=O)C(C)NCCN(C)C)cc1C. The fourth-order valence-electron chi connectivity index (χ4n) is 1.88. The normalized spacial score (nSPS) is 12.5. The van der Waals surface area contributed by atoms with E-state index < -0.39 is 0 Å². The lowest BCUT2D eigenvalue weighted by Crippen LogP contribution is -2.38. The van der Waals surface area contributed by atoms with Crippen molar-refractivity contribution in [2.24, 2.45) is 0 Å². The van der Waals surface area contributed by atoms with Gasteiger partial charge >= 0.3 is 0 Å². The Morgan fingerprint density at radius 2 is 2.11 bits per heavy atom. The van der Waals surface area contributed by atoms with Crippen LogP contribution in [-0.4, -0.2) is 51.0 Å². The predicted octanol–water partition coefficient (Wildman–Crippen LogP) is 1.73. The molecule has 0 aliphatic carbocycles. The van der Waals surface area contributed by atoms with Crippen LogP contribution in [0.25, 0.3) is 0 Å². The van der Waals surface area contributed by atoms with Gasteiger partial charge in [0, 0.05) is 18.7 Å². The van der Waals surface area contributed by atoms with Crippen LogP contribution in [-0.2, 0) is 0 Å². The number of methoxy groups -OCH3 is 1. The number of hydrogen-bond donors (Lipinski definition) is 1. The molecular weight excluding hydrogens is 240 g/mol. The van der Waals surface area contributed by atoms with E-state index in [4.69, 9.17) is 4.74 Å². The molecule has 1 unspecified atom stereocenters. The van der Waals surface area contributed by atoms with Crippen LogP contribution in [0.15, 0.2) is 18.2 Å². The van der Waals surface area contributed by atoms with Gasteiger partial charge in [0.2, 0.25) is 0 Å². The number of nitrogens with zero attached hydrogens (tertiary/aromatic N) is 1. The highest BCUT2D eigenvalue weighted by Gasteiger charge is 2.15. The summed E-state index contributed by atoms with van der Waals surface area (Å²) in [5.74, 6) is 0.925. The highest BCUT2D eigenvalue weighted by Crippen LogP contribution is 2.19. The number of rotatable bonds is 7. The molecule has 1 atom stereocenters. The zero-order chi connectivity index (χ0) is 14.4. The summed E-state index contributed by atoms with van der Waals surface area (Å²) in [6.45, 7) is 5.56. The Bertz CT molecular complexity index is 430. The maximum Gasteiger partial charge on any atom is 0.179 e. The summed E-state index contributed by atoms with van der Waals surface area (Å²) in [6, 6.07) is 5.37. The molecule has 0 heterocycles. The van der Waals surface area contributed by atoms with Crippen molar-refractivity contribution in [3.05, 3.63) is 29.3 Å². The second-order valence-electron chi connectivity index (χ2n) is 5.03. The van der Waals surface area contributed by atoms with E-state index in [0.717, 1.165) is 30.0 Å². The molecule has 4 heteroatoms. The Morgan fingerprint density at radius 1 is 1.42 bits per heavy atom. The Kier molecular flexibility index (Phi) is 5.99. The fraction of sp³-hybridized carbons (Fsp3) is 0.533. The highest BCUT2D eigenvalue weighted by molar-refractivity contribution is 6.00.